The van der Waals surface area contributed by atoms with E-state index in [1.165, 1.54) is 0 Å². The molecule has 2 amide bonds. The van der Waals surface area contributed by atoms with Crippen LogP contribution in [0.15, 0.2) is 0 Å². The van der Waals surface area contributed by atoms with Crippen LogP contribution >= 0.6 is 0 Å². The van der Waals surface area contributed by atoms with E-state index < -0.39 is 5.60 Å². The predicted octanol–water partition coefficient (Wildman–Crippen LogP) is 1.50. The average Bonchev–Trinajstić information content (AvgIpc) is 2.67. The quantitative estimate of drug-likeness (QED) is 0.828. The van der Waals surface area contributed by atoms with Crippen molar-refractivity contribution in [3.63, 3.8) is 0 Å². The molecule has 1 heterocycles. The molecule has 0 radical (unpaired) electrons. The zero-order valence-electron chi connectivity index (χ0n) is 14.5. The number of likely N-dealkylation sites (tertiary alicyclic amines) is 1. The molecule has 1 aliphatic carbocycles. The molecule has 2 fully saturated rings. The van der Waals surface area contributed by atoms with Crippen molar-refractivity contribution in [3.8, 4) is 0 Å². The molecular formula is C16H29N3O3. The third-order valence-corrected chi connectivity index (χ3v) is 4.79. The van der Waals surface area contributed by atoms with Gasteiger partial charge >= 0.3 is 6.09 Å². The first kappa shape index (κ1) is 17.1. The number of nitrogens with zero attached hydrogens (tertiary/aromatic N) is 1. The number of hydrogen-bond acceptors (Lipinski definition) is 4. The van der Waals surface area contributed by atoms with Crippen LogP contribution in [0, 0.1) is 5.41 Å². The molecule has 0 aromatic carbocycles. The summed E-state index contributed by atoms with van der Waals surface area (Å²) in [6.07, 6.45) is 1.30. The van der Waals surface area contributed by atoms with Gasteiger partial charge in [0.25, 0.3) is 0 Å². The van der Waals surface area contributed by atoms with E-state index >= 15 is 0 Å². The van der Waals surface area contributed by atoms with E-state index in [1.54, 1.807) is 4.90 Å². The Morgan fingerprint density at radius 3 is 2.41 bits per heavy atom. The second-order valence-electron chi connectivity index (χ2n) is 8.08. The number of alkyl carbamates (subject to hydrolysis) is 1. The van der Waals surface area contributed by atoms with Crippen molar-refractivity contribution in [2.24, 2.45) is 5.41 Å². The largest absolute Gasteiger partial charge is 0.444 e. The highest BCUT2D eigenvalue weighted by atomic mass is 16.6. The smallest absolute Gasteiger partial charge is 0.407 e. The van der Waals surface area contributed by atoms with Crippen LogP contribution in [0.1, 0.15) is 47.5 Å². The molecule has 3 atom stereocenters. The second kappa shape index (κ2) is 5.72. The third kappa shape index (κ3) is 3.54. The van der Waals surface area contributed by atoms with Gasteiger partial charge in [-0.3, -0.25) is 4.79 Å². The van der Waals surface area contributed by atoms with Crippen molar-refractivity contribution in [2.75, 3.05) is 13.6 Å². The molecule has 6 nitrogen and oxygen atoms in total. The molecule has 22 heavy (non-hydrogen) atoms. The summed E-state index contributed by atoms with van der Waals surface area (Å²) in [6, 6.07) is 0.207. The van der Waals surface area contributed by atoms with E-state index in [-0.39, 0.29) is 35.5 Å². The summed E-state index contributed by atoms with van der Waals surface area (Å²) in [6.45, 7) is 10.6. The van der Waals surface area contributed by atoms with Crippen molar-refractivity contribution in [2.45, 2.75) is 71.2 Å². The number of carbonyl (C=O) groups excluding carboxylic acids is 2. The lowest BCUT2D eigenvalue weighted by molar-refractivity contribution is -0.129. The van der Waals surface area contributed by atoms with E-state index in [1.807, 2.05) is 27.8 Å². The van der Waals surface area contributed by atoms with Crippen LogP contribution < -0.4 is 10.6 Å². The van der Waals surface area contributed by atoms with E-state index in [0.717, 1.165) is 19.4 Å². The number of ether oxygens (including phenoxy) is 1. The second-order valence-corrected chi connectivity index (χ2v) is 8.08. The normalized spacial score (nSPS) is 30.9. The highest BCUT2D eigenvalue weighted by molar-refractivity contribution is 5.83. The fourth-order valence-electron chi connectivity index (χ4n) is 3.12. The first-order chi connectivity index (χ1) is 10.0. The number of hydrogen-bond donors (Lipinski definition) is 2. The summed E-state index contributed by atoms with van der Waals surface area (Å²) >= 11 is 0. The Bertz CT molecular complexity index is 456. The van der Waals surface area contributed by atoms with Gasteiger partial charge < -0.3 is 20.3 Å². The lowest BCUT2D eigenvalue weighted by Crippen LogP contribution is -2.67. The predicted molar refractivity (Wildman–Crippen MR) is 84.5 cm³/mol. The Balaban J connectivity index is 1.85. The number of amides is 2. The van der Waals surface area contributed by atoms with Gasteiger partial charge in [-0.05, 0) is 33.6 Å². The molecule has 0 aromatic heterocycles. The molecule has 2 aliphatic rings. The van der Waals surface area contributed by atoms with Crippen LogP contribution in [0.2, 0.25) is 0 Å². The third-order valence-electron chi connectivity index (χ3n) is 4.79. The first-order valence-electron chi connectivity index (χ1n) is 8.01. The molecule has 1 saturated carbocycles. The monoisotopic (exact) mass is 311 g/mol. The maximum absolute atomic E-state index is 12.0. The zero-order chi connectivity index (χ0) is 16.7. The average molecular weight is 311 g/mol. The van der Waals surface area contributed by atoms with Gasteiger partial charge in [0.05, 0.1) is 6.04 Å². The van der Waals surface area contributed by atoms with Gasteiger partial charge in [-0.15, -0.1) is 0 Å². The standard InChI is InChI=1S/C16H29N3O3/c1-15(2,3)22-14(21)18-12-9-11(16(12,4)5)17-10-7-8-19(6)13(10)20/h10-12,17H,7-9H2,1-6H3,(H,18,21)/t10-,11+,12+/m0/s1. The first-order valence-corrected chi connectivity index (χ1v) is 8.01. The summed E-state index contributed by atoms with van der Waals surface area (Å²) in [5.74, 6) is 0.166. The van der Waals surface area contributed by atoms with Crippen molar-refractivity contribution >= 4 is 12.0 Å². The van der Waals surface area contributed by atoms with Crippen LogP contribution in [0.4, 0.5) is 4.79 Å². The zero-order valence-corrected chi connectivity index (χ0v) is 14.5. The summed E-state index contributed by atoms with van der Waals surface area (Å²) < 4.78 is 5.31. The SMILES string of the molecule is CN1CC[C@H](N[C@@H]2C[C@@H](NC(=O)OC(C)(C)C)C2(C)C)C1=O. The lowest BCUT2D eigenvalue weighted by atomic mass is 9.62. The Morgan fingerprint density at radius 2 is 1.95 bits per heavy atom. The summed E-state index contributed by atoms with van der Waals surface area (Å²) in [7, 11) is 1.84. The van der Waals surface area contributed by atoms with Crippen molar-refractivity contribution < 1.29 is 14.3 Å². The van der Waals surface area contributed by atoms with Crippen LogP contribution in [0.3, 0.4) is 0 Å². The van der Waals surface area contributed by atoms with Crippen LogP contribution in [-0.4, -0.2) is 54.2 Å². The number of likely N-dealkylation sites (N-methyl/N-ethyl adjacent to an activating group) is 1. The Labute approximate surface area is 132 Å². The summed E-state index contributed by atoms with van der Waals surface area (Å²) in [5, 5.41) is 6.40. The van der Waals surface area contributed by atoms with Gasteiger partial charge in [-0.1, -0.05) is 13.8 Å². The molecule has 0 aromatic rings. The molecule has 1 aliphatic heterocycles. The summed E-state index contributed by atoms with van der Waals surface area (Å²) in [5.41, 5.74) is -0.588. The van der Waals surface area contributed by atoms with E-state index in [2.05, 4.69) is 24.5 Å². The molecule has 0 unspecified atom stereocenters. The van der Waals surface area contributed by atoms with E-state index in [0.29, 0.717) is 0 Å². The molecule has 0 bridgehead atoms. The highest BCUT2D eigenvalue weighted by Gasteiger charge is 2.50. The Kier molecular flexibility index (Phi) is 4.44. The minimum Gasteiger partial charge on any atom is -0.444 e. The molecule has 1 saturated heterocycles. The molecule has 2 N–H and O–H groups in total. The maximum Gasteiger partial charge on any atom is 0.407 e. The van der Waals surface area contributed by atoms with Gasteiger partial charge in [-0.25, -0.2) is 4.79 Å². The van der Waals surface area contributed by atoms with Gasteiger partial charge in [0, 0.05) is 31.1 Å². The highest BCUT2D eigenvalue weighted by Crippen LogP contribution is 2.41. The number of rotatable bonds is 3. The van der Waals surface area contributed by atoms with Gasteiger partial charge in [0.15, 0.2) is 0 Å². The van der Waals surface area contributed by atoms with Crippen molar-refractivity contribution in [1.29, 1.82) is 0 Å². The van der Waals surface area contributed by atoms with Gasteiger partial charge in [0.1, 0.15) is 5.60 Å². The molecule has 6 heteroatoms. The lowest BCUT2D eigenvalue weighted by Gasteiger charge is -2.53. The fourth-order valence-corrected chi connectivity index (χ4v) is 3.12. The van der Waals surface area contributed by atoms with Crippen molar-refractivity contribution in [1.82, 2.24) is 15.5 Å². The molecular weight excluding hydrogens is 282 g/mol. The Hall–Kier alpha value is -1.30. The fraction of sp³-hybridized carbons (Fsp3) is 0.875. The number of nitrogens with one attached hydrogen (secondary N) is 2. The van der Waals surface area contributed by atoms with Gasteiger partial charge in [-0.2, -0.15) is 0 Å². The van der Waals surface area contributed by atoms with Crippen LogP contribution in [0.5, 0.6) is 0 Å². The molecule has 126 valence electrons. The number of carbonyl (C=O) groups is 2. The Morgan fingerprint density at radius 1 is 1.32 bits per heavy atom. The minimum atomic E-state index is -0.490. The van der Waals surface area contributed by atoms with E-state index in [4.69, 9.17) is 4.74 Å². The maximum atomic E-state index is 12.0. The molecule has 0 spiro atoms. The van der Waals surface area contributed by atoms with Gasteiger partial charge in [0.2, 0.25) is 5.91 Å². The van der Waals surface area contributed by atoms with E-state index in [9.17, 15) is 9.59 Å². The molecule has 2 rings (SSSR count). The topological polar surface area (TPSA) is 70.7 Å². The van der Waals surface area contributed by atoms with Crippen LogP contribution in [-0.2, 0) is 9.53 Å². The summed E-state index contributed by atoms with van der Waals surface area (Å²) in [4.78, 5) is 25.6. The minimum absolute atomic E-state index is 0.0640. The van der Waals surface area contributed by atoms with Crippen molar-refractivity contribution in [3.05, 3.63) is 0 Å². The van der Waals surface area contributed by atoms with Crippen LogP contribution in [0.25, 0.3) is 0 Å².